The van der Waals surface area contributed by atoms with Gasteiger partial charge in [0.05, 0.1) is 15.2 Å². The number of hydrogen-bond acceptors (Lipinski definition) is 1. The second-order valence-corrected chi connectivity index (χ2v) is 4.99. The van der Waals surface area contributed by atoms with Gasteiger partial charge in [-0.3, -0.25) is 0 Å². The second kappa shape index (κ2) is 5.67. The molecule has 0 unspecified atom stereocenters. The highest BCUT2D eigenvalue weighted by Gasteiger charge is 2.03. The Morgan fingerprint density at radius 1 is 1.11 bits per heavy atom. The van der Waals surface area contributed by atoms with Crippen LogP contribution in [0.5, 0.6) is 0 Å². The Hall–Kier alpha value is -1.13. The average molecular weight is 333 g/mol. The van der Waals surface area contributed by atoms with E-state index in [0.29, 0.717) is 21.7 Å². The van der Waals surface area contributed by atoms with Crippen molar-refractivity contribution in [1.82, 2.24) is 0 Å². The fourth-order valence-corrected chi connectivity index (χ4v) is 1.96. The average Bonchev–Trinajstić information content (AvgIpc) is 2.32. The number of nitrogens with one attached hydrogen (secondary N) is 1. The molecule has 0 heterocycles. The summed E-state index contributed by atoms with van der Waals surface area (Å²) in [6.45, 7) is 0.412. The van der Waals surface area contributed by atoms with E-state index in [1.807, 2.05) is 0 Å². The molecule has 5 heteroatoms. The molecular weight excluding hydrogens is 324 g/mol. The van der Waals surface area contributed by atoms with Gasteiger partial charge in [0.1, 0.15) is 11.6 Å². The minimum atomic E-state index is -0.389. The molecule has 2 aromatic carbocycles. The normalized spacial score (nSPS) is 10.4. The summed E-state index contributed by atoms with van der Waals surface area (Å²) in [5.74, 6) is -0.709. The van der Waals surface area contributed by atoms with Crippen LogP contribution < -0.4 is 5.32 Å². The largest absolute Gasteiger partial charge is 0.380 e. The van der Waals surface area contributed by atoms with E-state index in [9.17, 15) is 8.78 Å². The second-order valence-electron chi connectivity index (χ2n) is 3.73. The molecule has 0 aliphatic rings. The zero-order valence-electron chi connectivity index (χ0n) is 9.18. The zero-order valence-corrected chi connectivity index (χ0v) is 11.5. The van der Waals surface area contributed by atoms with Gasteiger partial charge in [0, 0.05) is 6.54 Å². The van der Waals surface area contributed by atoms with Crippen LogP contribution in [0.25, 0.3) is 0 Å². The summed E-state index contributed by atoms with van der Waals surface area (Å²) in [7, 11) is 0. The van der Waals surface area contributed by atoms with E-state index in [1.165, 1.54) is 18.2 Å². The van der Waals surface area contributed by atoms with Crippen LogP contribution in [0, 0.1) is 11.6 Å². The number of rotatable bonds is 3. The first-order chi connectivity index (χ1) is 8.56. The van der Waals surface area contributed by atoms with Crippen LogP contribution in [-0.2, 0) is 6.54 Å². The molecule has 0 atom stereocenters. The number of halogens is 4. The molecule has 0 aromatic heterocycles. The topological polar surface area (TPSA) is 12.0 Å². The predicted molar refractivity (Wildman–Crippen MR) is 72.8 cm³/mol. The van der Waals surface area contributed by atoms with Gasteiger partial charge in [0.2, 0.25) is 0 Å². The van der Waals surface area contributed by atoms with Crippen molar-refractivity contribution in [2.24, 2.45) is 0 Å². The van der Waals surface area contributed by atoms with E-state index in [1.54, 1.807) is 18.2 Å². The van der Waals surface area contributed by atoms with E-state index in [4.69, 9.17) is 11.6 Å². The van der Waals surface area contributed by atoms with Crippen LogP contribution in [0.2, 0.25) is 5.02 Å². The molecule has 94 valence electrons. The third-order valence-electron chi connectivity index (χ3n) is 2.40. The van der Waals surface area contributed by atoms with E-state index in [2.05, 4.69) is 21.2 Å². The molecule has 0 spiro atoms. The van der Waals surface area contributed by atoms with Crippen LogP contribution in [0.4, 0.5) is 14.5 Å². The smallest absolute Gasteiger partial charge is 0.137 e. The number of benzene rings is 2. The van der Waals surface area contributed by atoms with Crippen molar-refractivity contribution in [3.8, 4) is 0 Å². The summed E-state index contributed by atoms with van der Waals surface area (Å²) >= 11 is 8.95. The Morgan fingerprint density at radius 2 is 1.89 bits per heavy atom. The van der Waals surface area contributed by atoms with Crippen molar-refractivity contribution < 1.29 is 8.78 Å². The summed E-state index contributed by atoms with van der Waals surface area (Å²) < 4.78 is 26.6. The predicted octanol–water partition coefficient (Wildman–Crippen LogP) is 4.99. The molecule has 0 amide bonds. The van der Waals surface area contributed by atoms with Crippen LogP contribution in [0.15, 0.2) is 40.9 Å². The van der Waals surface area contributed by atoms with Crippen molar-refractivity contribution in [3.05, 3.63) is 63.1 Å². The van der Waals surface area contributed by atoms with E-state index < -0.39 is 0 Å². The minimum Gasteiger partial charge on any atom is -0.380 e. The molecule has 0 fully saturated rings. The van der Waals surface area contributed by atoms with Gasteiger partial charge in [-0.2, -0.15) is 0 Å². The van der Waals surface area contributed by atoms with Crippen molar-refractivity contribution in [1.29, 1.82) is 0 Å². The highest BCUT2D eigenvalue weighted by Crippen LogP contribution is 2.23. The first-order valence-electron chi connectivity index (χ1n) is 5.19. The molecule has 0 aliphatic heterocycles. The first-order valence-corrected chi connectivity index (χ1v) is 6.36. The molecule has 18 heavy (non-hydrogen) atoms. The summed E-state index contributed by atoms with van der Waals surface area (Å²) in [6, 6.07) is 8.94. The fraction of sp³-hybridized carbons (Fsp3) is 0.0769. The van der Waals surface area contributed by atoms with E-state index in [0.717, 1.165) is 5.56 Å². The molecule has 1 nitrogen and oxygen atoms in total. The molecule has 2 aromatic rings. The lowest BCUT2D eigenvalue weighted by atomic mass is 10.2. The summed E-state index contributed by atoms with van der Waals surface area (Å²) in [5.41, 5.74) is 1.39. The van der Waals surface area contributed by atoms with Crippen LogP contribution >= 0.6 is 27.5 Å². The lowest BCUT2D eigenvalue weighted by Gasteiger charge is -2.09. The maximum absolute atomic E-state index is 13.3. The lowest BCUT2D eigenvalue weighted by Crippen LogP contribution is -2.00. The lowest BCUT2D eigenvalue weighted by molar-refractivity contribution is 0.619. The maximum Gasteiger partial charge on any atom is 0.137 e. The molecule has 0 saturated carbocycles. The van der Waals surface area contributed by atoms with Gasteiger partial charge in [-0.1, -0.05) is 17.7 Å². The standard InChI is InChI=1S/C13H9BrClF2N/c14-10-3-1-8(5-12(10)17)7-18-13-4-2-9(16)6-11(13)15/h1-6,18H,7H2. The quantitative estimate of drug-likeness (QED) is 0.834. The van der Waals surface area contributed by atoms with Gasteiger partial charge in [0.15, 0.2) is 0 Å². The Balaban J connectivity index is 2.09. The SMILES string of the molecule is Fc1ccc(NCc2ccc(Br)c(F)c2)c(Cl)c1. The first kappa shape index (κ1) is 13.3. The summed E-state index contributed by atoms with van der Waals surface area (Å²) in [5, 5.41) is 3.32. The third kappa shape index (κ3) is 3.21. The van der Waals surface area contributed by atoms with Crippen molar-refractivity contribution >= 4 is 33.2 Å². The van der Waals surface area contributed by atoms with Crippen molar-refractivity contribution in [2.75, 3.05) is 5.32 Å². The third-order valence-corrected chi connectivity index (χ3v) is 3.35. The summed E-state index contributed by atoms with van der Waals surface area (Å²) in [6.07, 6.45) is 0. The molecule has 0 bridgehead atoms. The highest BCUT2D eigenvalue weighted by molar-refractivity contribution is 9.10. The molecule has 1 N–H and O–H groups in total. The molecule has 0 saturated heterocycles. The minimum absolute atomic E-state index is 0.299. The Bertz CT molecular complexity index is 575. The van der Waals surface area contributed by atoms with Gasteiger partial charge in [0.25, 0.3) is 0 Å². The van der Waals surface area contributed by atoms with Crippen molar-refractivity contribution in [2.45, 2.75) is 6.54 Å². The molecule has 0 aliphatic carbocycles. The van der Waals surface area contributed by atoms with Gasteiger partial charge in [-0.05, 0) is 51.8 Å². The Kier molecular flexibility index (Phi) is 4.19. The van der Waals surface area contributed by atoms with E-state index >= 15 is 0 Å². The summed E-state index contributed by atoms with van der Waals surface area (Å²) in [4.78, 5) is 0. The van der Waals surface area contributed by atoms with Crippen LogP contribution in [-0.4, -0.2) is 0 Å². The van der Waals surface area contributed by atoms with E-state index in [-0.39, 0.29) is 11.6 Å². The van der Waals surface area contributed by atoms with Gasteiger partial charge in [-0.25, -0.2) is 8.78 Å². The zero-order chi connectivity index (χ0) is 13.1. The van der Waals surface area contributed by atoms with Gasteiger partial charge < -0.3 is 5.32 Å². The molecule has 0 radical (unpaired) electrons. The van der Waals surface area contributed by atoms with Crippen molar-refractivity contribution in [3.63, 3.8) is 0 Å². The Labute approximate surface area is 117 Å². The monoisotopic (exact) mass is 331 g/mol. The van der Waals surface area contributed by atoms with Gasteiger partial charge >= 0.3 is 0 Å². The Morgan fingerprint density at radius 3 is 2.56 bits per heavy atom. The van der Waals surface area contributed by atoms with Gasteiger partial charge in [-0.15, -0.1) is 0 Å². The molecule has 2 rings (SSSR count). The number of hydrogen-bond donors (Lipinski definition) is 1. The molecular formula is C13H9BrClF2N. The fourth-order valence-electron chi connectivity index (χ4n) is 1.48. The van der Waals surface area contributed by atoms with Crippen LogP contribution in [0.1, 0.15) is 5.56 Å². The highest BCUT2D eigenvalue weighted by atomic mass is 79.9. The maximum atomic E-state index is 13.3. The van der Waals surface area contributed by atoms with Crippen LogP contribution in [0.3, 0.4) is 0 Å². The number of anilines is 1.